The van der Waals surface area contributed by atoms with Crippen molar-refractivity contribution in [2.45, 2.75) is 39.3 Å². The minimum Gasteiger partial charge on any atom is -0.472 e. The zero-order valence-electron chi connectivity index (χ0n) is 20.0. The van der Waals surface area contributed by atoms with Crippen LogP contribution < -0.4 is 11.1 Å². The fourth-order valence-corrected chi connectivity index (χ4v) is 5.56. The van der Waals surface area contributed by atoms with Crippen molar-refractivity contribution in [3.05, 3.63) is 69.6 Å². The molecule has 1 aliphatic carbocycles. The van der Waals surface area contributed by atoms with Crippen LogP contribution >= 0.6 is 27.5 Å². The topological polar surface area (TPSA) is 141 Å². The number of nitrogens with two attached hydrogens (primary N) is 1. The van der Waals surface area contributed by atoms with Crippen LogP contribution in [0.1, 0.15) is 36.8 Å². The second-order valence-electron chi connectivity index (χ2n) is 8.51. The highest BCUT2D eigenvalue weighted by Crippen LogP contribution is 2.48. The number of unbranched alkanes of at least 4 members (excludes halogenated alkanes) is 1. The first-order valence-electron chi connectivity index (χ1n) is 11.8. The van der Waals surface area contributed by atoms with E-state index in [1.54, 1.807) is 12.5 Å². The number of amides is 2. The summed E-state index contributed by atoms with van der Waals surface area (Å²) in [4.78, 5) is 16.1. The van der Waals surface area contributed by atoms with Crippen LogP contribution in [0.3, 0.4) is 0 Å². The molecule has 0 atom stereocenters. The number of carbonyl (C=O) groups excluding carboxylic acids is 1. The van der Waals surface area contributed by atoms with Crippen LogP contribution in [-0.4, -0.2) is 36.2 Å². The Balaban J connectivity index is 1.71. The first-order chi connectivity index (χ1) is 18.0. The van der Waals surface area contributed by atoms with Crippen LogP contribution in [0.2, 0.25) is 5.15 Å². The van der Waals surface area contributed by atoms with E-state index in [9.17, 15) is 4.79 Å². The van der Waals surface area contributed by atoms with Crippen molar-refractivity contribution in [1.82, 2.24) is 35.5 Å². The number of hydrogen-bond donors (Lipinski definition) is 3. The van der Waals surface area contributed by atoms with Crippen LogP contribution in [0.25, 0.3) is 33.6 Å². The first kappa shape index (κ1) is 25.0. The number of tetrazole rings is 1. The summed E-state index contributed by atoms with van der Waals surface area (Å²) in [5.74, 6) is 1.33. The number of aromatic amines is 1. The molecule has 4 N–H and O–H groups in total. The Labute approximate surface area is 226 Å². The maximum absolute atomic E-state index is 11.5. The number of urea groups is 1. The molecule has 12 heteroatoms. The van der Waals surface area contributed by atoms with Gasteiger partial charge in [-0.25, -0.2) is 9.78 Å². The van der Waals surface area contributed by atoms with Crippen LogP contribution in [0.15, 0.2) is 51.7 Å². The quantitative estimate of drug-likeness (QED) is 0.212. The summed E-state index contributed by atoms with van der Waals surface area (Å²) in [6.45, 7) is 2.75. The third kappa shape index (κ3) is 4.84. The molecule has 2 aromatic heterocycles. The van der Waals surface area contributed by atoms with E-state index in [1.165, 1.54) is 0 Å². The molecule has 0 spiro atoms. The lowest BCUT2D eigenvalue weighted by Crippen LogP contribution is -2.30. The van der Waals surface area contributed by atoms with Gasteiger partial charge in [0, 0.05) is 27.6 Å². The third-order valence-electron chi connectivity index (χ3n) is 6.26. The number of carbonyl (C=O) groups is 1. The van der Waals surface area contributed by atoms with Gasteiger partial charge in [-0.1, -0.05) is 49.2 Å². The summed E-state index contributed by atoms with van der Waals surface area (Å²) >= 11 is 10.4. The maximum Gasteiger partial charge on any atom is 0.312 e. The summed E-state index contributed by atoms with van der Waals surface area (Å²) in [5, 5.41) is 17.7. The Hall–Kier alpha value is -3.70. The van der Waals surface area contributed by atoms with Crippen LogP contribution in [0.5, 0.6) is 0 Å². The number of rotatable bonds is 9. The van der Waals surface area contributed by atoms with Crippen LogP contribution in [-0.2, 0) is 19.5 Å². The van der Waals surface area contributed by atoms with E-state index in [1.807, 2.05) is 30.3 Å². The van der Waals surface area contributed by atoms with E-state index in [0.29, 0.717) is 23.2 Å². The third-order valence-corrected chi connectivity index (χ3v) is 7.38. The lowest BCUT2D eigenvalue weighted by atomic mass is 9.97. The Morgan fingerprint density at radius 1 is 1.22 bits per heavy atom. The standard InChI is InChI=1S/C25H24BrClN8O2/c1-2-3-8-20-30-23(27)19(11-29-25(28)36)35(20)12-17-14-9-10-37-13-18(14)22(26)21(17)15-6-4-5-7-16(15)24-31-33-34-32-24/h4-7,9-10,13H,2-3,8,11-12H2,1H3,(H3,28,29,36)(H,31,32,33,34). The fraction of sp³-hybridized carbons (Fsp3) is 0.240. The van der Waals surface area contributed by atoms with Gasteiger partial charge in [0.05, 0.1) is 31.3 Å². The van der Waals surface area contributed by atoms with Crippen molar-refractivity contribution < 1.29 is 9.21 Å². The van der Waals surface area contributed by atoms with Gasteiger partial charge in [-0.2, -0.15) is 5.21 Å². The van der Waals surface area contributed by atoms with Gasteiger partial charge in [0.15, 0.2) is 5.15 Å². The molecular formula is C25H24BrClN8O2. The second kappa shape index (κ2) is 10.7. The van der Waals surface area contributed by atoms with Crippen molar-refractivity contribution in [1.29, 1.82) is 0 Å². The minimum absolute atomic E-state index is 0.164. The monoisotopic (exact) mass is 582 g/mol. The van der Waals surface area contributed by atoms with E-state index in [4.69, 9.17) is 21.8 Å². The number of fused-ring (bicyclic) bond motifs is 1. The van der Waals surface area contributed by atoms with Crippen molar-refractivity contribution in [3.63, 3.8) is 0 Å². The molecule has 0 unspecified atom stereocenters. The van der Waals surface area contributed by atoms with Crippen molar-refractivity contribution in [2.24, 2.45) is 5.73 Å². The minimum atomic E-state index is -0.628. The molecule has 37 heavy (non-hydrogen) atoms. The second-order valence-corrected chi connectivity index (χ2v) is 9.66. The molecule has 3 heterocycles. The van der Waals surface area contributed by atoms with Gasteiger partial charge >= 0.3 is 6.03 Å². The van der Waals surface area contributed by atoms with Crippen molar-refractivity contribution in [2.75, 3.05) is 0 Å². The molecule has 0 saturated carbocycles. The summed E-state index contributed by atoms with van der Waals surface area (Å²) in [5.41, 5.74) is 11.7. The van der Waals surface area contributed by atoms with E-state index in [2.05, 4.69) is 58.3 Å². The van der Waals surface area contributed by atoms with E-state index in [0.717, 1.165) is 62.9 Å². The lowest BCUT2D eigenvalue weighted by molar-refractivity contribution is 0.248. The van der Waals surface area contributed by atoms with E-state index >= 15 is 0 Å². The molecule has 0 fully saturated rings. The molecule has 2 aliphatic rings. The average Bonchev–Trinajstić information content (AvgIpc) is 3.60. The molecule has 0 bridgehead atoms. The summed E-state index contributed by atoms with van der Waals surface area (Å²) in [7, 11) is 0. The number of H-pyrrole nitrogens is 1. The molecule has 1 aliphatic heterocycles. The molecule has 10 nitrogen and oxygen atoms in total. The number of halogens is 2. The Kier molecular flexibility index (Phi) is 7.24. The zero-order chi connectivity index (χ0) is 25.9. The molecule has 0 saturated heterocycles. The Morgan fingerprint density at radius 3 is 2.76 bits per heavy atom. The smallest absolute Gasteiger partial charge is 0.312 e. The number of primary amides is 1. The molecular weight excluding hydrogens is 560 g/mol. The van der Waals surface area contributed by atoms with E-state index < -0.39 is 6.03 Å². The lowest BCUT2D eigenvalue weighted by Gasteiger charge is -2.16. The summed E-state index contributed by atoms with van der Waals surface area (Å²) < 4.78 is 8.48. The number of benzene rings is 1. The molecule has 3 aromatic rings. The number of nitrogens with zero attached hydrogens (tertiary/aromatic N) is 5. The van der Waals surface area contributed by atoms with Gasteiger partial charge in [-0.3, -0.25) is 0 Å². The highest BCUT2D eigenvalue weighted by atomic mass is 79.9. The molecule has 190 valence electrons. The van der Waals surface area contributed by atoms with Crippen molar-refractivity contribution >= 4 is 33.6 Å². The van der Waals surface area contributed by atoms with Gasteiger partial charge in [0.1, 0.15) is 5.82 Å². The predicted octanol–water partition coefficient (Wildman–Crippen LogP) is 5.40. The van der Waals surface area contributed by atoms with Gasteiger partial charge in [0.25, 0.3) is 0 Å². The van der Waals surface area contributed by atoms with Gasteiger partial charge in [0.2, 0.25) is 5.82 Å². The Bertz CT molecular complexity index is 1510. The van der Waals surface area contributed by atoms with Crippen LogP contribution in [0, 0.1) is 0 Å². The number of aromatic nitrogens is 6. The van der Waals surface area contributed by atoms with Gasteiger partial charge in [-0.05, 0) is 50.3 Å². The molecule has 5 rings (SSSR count). The Morgan fingerprint density at radius 2 is 2.03 bits per heavy atom. The zero-order valence-corrected chi connectivity index (χ0v) is 22.3. The SMILES string of the molecule is CCCCc1nc(Cl)c(CNC(N)=O)n1Cc1c2ccocc-2c(Br)c1-c1ccccc1-c1nn[nH]n1. The number of nitrogens with one attached hydrogen (secondary N) is 2. The van der Waals surface area contributed by atoms with Gasteiger partial charge in [-0.15, -0.1) is 10.2 Å². The highest BCUT2D eigenvalue weighted by Gasteiger charge is 2.27. The fourth-order valence-electron chi connectivity index (χ4n) is 4.53. The van der Waals surface area contributed by atoms with Crippen LogP contribution in [0.4, 0.5) is 4.79 Å². The molecule has 0 radical (unpaired) electrons. The summed E-state index contributed by atoms with van der Waals surface area (Å²) in [6.07, 6.45) is 6.08. The number of imidazole rings is 1. The summed E-state index contributed by atoms with van der Waals surface area (Å²) in [6, 6.07) is 9.21. The van der Waals surface area contributed by atoms with Gasteiger partial charge < -0.3 is 20.0 Å². The number of aryl methyl sites for hydroxylation is 1. The first-order valence-corrected chi connectivity index (χ1v) is 12.9. The highest BCUT2D eigenvalue weighted by molar-refractivity contribution is 9.10. The molecule has 1 aromatic carbocycles. The predicted molar refractivity (Wildman–Crippen MR) is 143 cm³/mol. The largest absolute Gasteiger partial charge is 0.472 e. The van der Waals surface area contributed by atoms with E-state index in [-0.39, 0.29) is 6.54 Å². The maximum atomic E-state index is 11.5. The van der Waals surface area contributed by atoms with Crippen molar-refractivity contribution in [3.8, 4) is 33.6 Å². The normalized spacial score (nSPS) is 11.3. The molecule has 2 amide bonds. The number of hydrogen-bond acceptors (Lipinski definition) is 6. The average molecular weight is 584 g/mol.